The summed E-state index contributed by atoms with van der Waals surface area (Å²) < 4.78 is 30.0. The Hall–Kier alpha value is -3.87. The van der Waals surface area contributed by atoms with E-state index in [1.807, 2.05) is 24.3 Å². The number of piperidine rings is 1. The number of rotatable bonds is 7. The van der Waals surface area contributed by atoms with Crippen molar-refractivity contribution in [3.63, 3.8) is 0 Å². The van der Waals surface area contributed by atoms with E-state index in [-0.39, 0.29) is 35.3 Å². The van der Waals surface area contributed by atoms with Crippen molar-refractivity contribution in [2.24, 2.45) is 0 Å². The number of nitrogens with zero attached hydrogens (tertiary/aromatic N) is 2. The Morgan fingerprint density at radius 1 is 1.07 bits per heavy atom. The second-order valence-corrected chi connectivity index (χ2v) is 11.8. The average molecular weight is 611 g/mol. The lowest BCUT2D eigenvalue weighted by molar-refractivity contribution is -0.198. The maximum Gasteiger partial charge on any atom is 0.414 e. The Bertz CT molecular complexity index is 1530. The van der Waals surface area contributed by atoms with Crippen LogP contribution in [0.2, 0.25) is 0 Å². The summed E-state index contributed by atoms with van der Waals surface area (Å²) in [6.45, 7) is 1.01. The zero-order valence-corrected chi connectivity index (χ0v) is 24.9. The number of carbonyl (C=O) groups excluding carboxylic acids is 2. The number of carbonyl (C=O) groups is 3. The number of amides is 2. The molecule has 0 saturated carbocycles. The smallest absolute Gasteiger partial charge is 0.414 e. The predicted molar refractivity (Wildman–Crippen MR) is 158 cm³/mol. The molecule has 2 amide bonds. The van der Waals surface area contributed by atoms with Crippen LogP contribution in [0.25, 0.3) is 10.1 Å². The first-order valence-corrected chi connectivity index (χ1v) is 15.3. The quantitative estimate of drug-likeness (QED) is 0.339. The molecule has 3 aliphatic heterocycles. The molecular formula is C31H34N2O9S. The summed E-state index contributed by atoms with van der Waals surface area (Å²) in [5.74, 6) is -0.278. The lowest BCUT2D eigenvalue weighted by Crippen LogP contribution is -2.57. The molecule has 1 N–H and O–H groups in total. The number of carboxylic acid groups (broad SMARTS) is 1. The highest BCUT2D eigenvalue weighted by atomic mass is 32.1. The first-order valence-electron chi connectivity index (χ1n) is 14.4. The van der Waals surface area contributed by atoms with Crippen LogP contribution >= 0.6 is 11.3 Å². The van der Waals surface area contributed by atoms with Gasteiger partial charge in [-0.1, -0.05) is 18.2 Å². The molecule has 2 unspecified atom stereocenters. The zero-order valence-electron chi connectivity index (χ0n) is 24.1. The third-order valence-corrected chi connectivity index (χ3v) is 9.44. The van der Waals surface area contributed by atoms with Crippen LogP contribution in [0.3, 0.4) is 0 Å². The first kappa shape index (κ1) is 29.2. The van der Waals surface area contributed by atoms with Gasteiger partial charge in [-0.25, -0.2) is 14.5 Å². The Morgan fingerprint density at radius 2 is 1.88 bits per heavy atom. The van der Waals surface area contributed by atoms with Crippen molar-refractivity contribution < 1.29 is 43.2 Å². The number of ether oxygens (including phenoxy) is 5. The van der Waals surface area contributed by atoms with Gasteiger partial charge in [-0.05, 0) is 56.0 Å². The summed E-state index contributed by atoms with van der Waals surface area (Å²) in [5.41, 5.74) is 0.973. The minimum Gasteiger partial charge on any atom is -0.493 e. The molecule has 2 saturated heterocycles. The lowest BCUT2D eigenvalue weighted by atomic mass is 10.00. The average Bonchev–Trinajstić information content (AvgIpc) is 3.37. The monoisotopic (exact) mass is 610 g/mol. The molecule has 12 heteroatoms. The van der Waals surface area contributed by atoms with E-state index in [4.69, 9.17) is 23.7 Å². The fourth-order valence-electron chi connectivity index (χ4n) is 6.15. The maximum absolute atomic E-state index is 14.0. The Kier molecular flexibility index (Phi) is 8.42. The molecular weight excluding hydrogens is 576 g/mol. The molecule has 1 aromatic heterocycles. The SMILES string of the molecule is COC(=O)c1sc2ccccc2c1COc1cc2c(cc1OC)C(=O)N1CCCC[C@H]1C(OC1CCCCO1)N2C(=O)O. The van der Waals surface area contributed by atoms with Crippen LogP contribution in [0.5, 0.6) is 11.5 Å². The standard InChI is InChI=1S/C31H34N2O9S/c1-38-23-15-19-22(16-24(23)41-17-20-18-9-3-4-11-25(18)43-27(20)30(35)39-2)33(31(36)37)29(42-26-12-6-8-14-40-26)21-10-5-7-13-32(21)28(19)34/h3-4,9,11,15-16,21,26,29H,5-8,10,12-14,17H2,1-2H3,(H,36,37)/t21-,26?,29?/m0/s1. The minimum atomic E-state index is -1.25. The molecule has 3 aromatic rings. The Morgan fingerprint density at radius 3 is 2.63 bits per heavy atom. The lowest BCUT2D eigenvalue weighted by Gasteiger charge is -2.42. The normalized spacial score (nSPS) is 22.0. The summed E-state index contributed by atoms with van der Waals surface area (Å²) >= 11 is 1.31. The molecule has 0 aliphatic carbocycles. The van der Waals surface area contributed by atoms with E-state index in [9.17, 15) is 19.5 Å². The van der Waals surface area contributed by atoms with Crippen molar-refractivity contribution >= 4 is 45.1 Å². The van der Waals surface area contributed by atoms with E-state index in [0.717, 1.165) is 40.7 Å². The summed E-state index contributed by atoms with van der Waals surface area (Å²) in [5, 5.41) is 11.4. The van der Waals surface area contributed by atoms with Crippen molar-refractivity contribution in [2.45, 2.75) is 63.7 Å². The highest BCUT2D eigenvalue weighted by Crippen LogP contribution is 2.43. The maximum atomic E-state index is 14.0. The van der Waals surface area contributed by atoms with Gasteiger partial charge in [-0.2, -0.15) is 0 Å². The molecule has 43 heavy (non-hydrogen) atoms. The summed E-state index contributed by atoms with van der Waals surface area (Å²) in [4.78, 5) is 42.8. The summed E-state index contributed by atoms with van der Waals surface area (Å²) in [7, 11) is 2.79. The number of hydrogen-bond acceptors (Lipinski definition) is 9. The molecule has 3 aliphatic rings. The van der Waals surface area contributed by atoms with Gasteiger partial charge in [-0.15, -0.1) is 11.3 Å². The van der Waals surface area contributed by atoms with Gasteiger partial charge in [0.2, 0.25) is 0 Å². The third kappa shape index (κ3) is 5.50. The van der Waals surface area contributed by atoms with Crippen LogP contribution < -0.4 is 14.4 Å². The zero-order chi connectivity index (χ0) is 30.1. The Balaban J connectivity index is 1.42. The number of benzene rings is 2. The van der Waals surface area contributed by atoms with Crippen molar-refractivity contribution in [3.8, 4) is 11.5 Å². The molecule has 2 fully saturated rings. The Labute approximate surface area is 252 Å². The van der Waals surface area contributed by atoms with E-state index < -0.39 is 30.6 Å². The van der Waals surface area contributed by atoms with Gasteiger partial charge in [0.15, 0.2) is 24.0 Å². The van der Waals surface area contributed by atoms with Gasteiger partial charge >= 0.3 is 12.1 Å². The van der Waals surface area contributed by atoms with Crippen molar-refractivity contribution in [1.29, 1.82) is 0 Å². The van der Waals surface area contributed by atoms with Crippen LogP contribution in [0, 0.1) is 0 Å². The number of methoxy groups -OCH3 is 2. The molecule has 0 bridgehead atoms. The molecule has 4 heterocycles. The van der Waals surface area contributed by atoms with Gasteiger partial charge < -0.3 is 33.7 Å². The first-order chi connectivity index (χ1) is 20.9. The van der Waals surface area contributed by atoms with Crippen LogP contribution in [-0.4, -0.2) is 73.9 Å². The van der Waals surface area contributed by atoms with E-state index in [0.29, 0.717) is 36.4 Å². The van der Waals surface area contributed by atoms with E-state index in [1.54, 1.807) is 4.90 Å². The van der Waals surface area contributed by atoms with E-state index >= 15 is 0 Å². The predicted octanol–water partition coefficient (Wildman–Crippen LogP) is 5.64. The van der Waals surface area contributed by atoms with Gasteiger partial charge in [-0.3, -0.25) is 4.79 Å². The molecule has 0 radical (unpaired) electrons. The molecule has 0 spiro atoms. The third-order valence-electron chi connectivity index (χ3n) is 8.24. The number of hydrogen-bond donors (Lipinski definition) is 1. The second-order valence-electron chi connectivity index (χ2n) is 10.7. The summed E-state index contributed by atoms with van der Waals surface area (Å²) in [6, 6.07) is 10.2. The molecule has 2 aromatic carbocycles. The van der Waals surface area contributed by atoms with Crippen LogP contribution in [-0.2, 0) is 20.8 Å². The second kappa shape index (κ2) is 12.4. The van der Waals surface area contributed by atoms with Crippen molar-refractivity contribution in [1.82, 2.24) is 4.90 Å². The highest BCUT2D eigenvalue weighted by molar-refractivity contribution is 7.21. The molecule has 6 rings (SSSR count). The van der Waals surface area contributed by atoms with E-state index in [2.05, 4.69) is 0 Å². The fraction of sp³-hybridized carbons (Fsp3) is 0.452. The number of thiophene rings is 1. The minimum absolute atomic E-state index is 0.0186. The topological polar surface area (TPSA) is 124 Å². The number of esters is 1. The van der Waals surface area contributed by atoms with Gasteiger partial charge in [0.1, 0.15) is 11.5 Å². The molecule has 228 valence electrons. The van der Waals surface area contributed by atoms with Crippen molar-refractivity contribution in [3.05, 3.63) is 52.4 Å². The molecule has 3 atom stereocenters. The molecule has 11 nitrogen and oxygen atoms in total. The summed E-state index contributed by atoms with van der Waals surface area (Å²) in [6.07, 6.45) is 1.93. The van der Waals surface area contributed by atoms with Crippen LogP contribution in [0.15, 0.2) is 36.4 Å². The van der Waals surface area contributed by atoms with Gasteiger partial charge in [0.25, 0.3) is 5.91 Å². The van der Waals surface area contributed by atoms with Crippen LogP contribution in [0.1, 0.15) is 64.1 Å². The number of fused-ring (bicyclic) bond motifs is 3. The number of anilines is 1. The van der Waals surface area contributed by atoms with E-state index in [1.165, 1.54) is 37.7 Å². The van der Waals surface area contributed by atoms with Gasteiger partial charge in [0.05, 0.1) is 31.5 Å². The fourth-order valence-corrected chi connectivity index (χ4v) is 7.28. The van der Waals surface area contributed by atoms with Crippen LogP contribution in [0.4, 0.5) is 10.5 Å². The van der Waals surface area contributed by atoms with Crippen molar-refractivity contribution in [2.75, 3.05) is 32.3 Å². The highest BCUT2D eigenvalue weighted by Gasteiger charge is 2.46. The largest absolute Gasteiger partial charge is 0.493 e. The van der Waals surface area contributed by atoms with Gasteiger partial charge in [0, 0.05) is 29.5 Å².